The molecule has 0 bridgehead atoms. The van der Waals surface area contributed by atoms with Gasteiger partial charge in [-0.25, -0.2) is 0 Å². The molecule has 0 fully saturated rings. The molecule has 2 heterocycles. The molecule has 0 aliphatic rings. The molecule has 2 rings (SSSR count). The fourth-order valence-corrected chi connectivity index (χ4v) is 1.23. The van der Waals surface area contributed by atoms with Crippen LogP contribution in [-0.4, -0.2) is 4.98 Å². The monoisotopic (exact) mass is 173 g/mol. The lowest BCUT2D eigenvalue weighted by Gasteiger charge is -1.97. The molecule has 13 heavy (non-hydrogen) atoms. The number of hydrogen-bond acceptors (Lipinski definition) is 2. The van der Waals surface area contributed by atoms with E-state index in [1.165, 1.54) is 0 Å². The molecule has 2 aromatic heterocycles. The van der Waals surface area contributed by atoms with Crippen LogP contribution in [0.15, 0.2) is 41.3 Å². The van der Waals surface area contributed by atoms with E-state index in [0.717, 1.165) is 23.2 Å². The summed E-state index contributed by atoms with van der Waals surface area (Å²) in [5, 5.41) is 0. The second kappa shape index (κ2) is 3.44. The van der Waals surface area contributed by atoms with Crippen molar-refractivity contribution in [1.82, 2.24) is 4.98 Å². The average molecular weight is 173 g/mol. The zero-order valence-electron chi connectivity index (χ0n) is 7.53. The summed E-state index contributed by atoms with van der Waals surface area (Å²) in [6, 6.07) is 6.04. The topological polar surface area (TPSA) is 26.0 Å². The second-order valence-electron chi connectivity index (χ2n) is 2.90. The van der Waals surface area contributed by atoms with Gasteiger partial charge in [0, 0.05) is 23.0 Å². The Kier molecular flexibility index (Phi) is 2.13. The first-order valence-electron chi connectivity index (χ1n) is 4.37. The number of furan rings is 1. The highest BCUT2D eigenvalue weighted by molar-refractivity contribution is 5.60. The van der Waals surface area contributed by atoms with Gasteiger partial charge in [-0.3, -0.25) is 4.98 Å². The number of aryl methyl sites for hydroxylation is 1. The molecule has 0 atom stereocenters. The average Bonchev–Trinajstić information content (AvgIpc) is 2.71. The molecule has 0 unspecified atom stereocenters. The van der Waals surface area contributed by atoms with Crippen molar-refractivity contribution >= 4 is 0 Å². The van der Waals surface area contributed by atoms with Crippen molar-refractivity contribution < 1.29 is 4.42 Å². The van der Waals surface area contributed by atoms with Crippen molar-refractivity contribution in [1.29, 1.82) is 0 Å². The summed E-state index contributed by atoms with van der Waals surface area (Å²) in [5.41, 5.74) is 3.30. The molecule has 0 N–H and O–H groups in total. The van der Waals surface area contributed by atoms with E-state index in [4.69, 9.17) is 4.42 Å². The van der Waals surface area contributed by atoms with E-state index in [1.807, 2.05) is 18.3 Å². The third-order valence-electron chi connectivity index (χ3n) is 2.04. The van der Waals surface area contributed by atoms with Gasteiger partial charge in [0.15, 0.2) is 0 Å². The molecule has 0 radical (unpaired) electrons. The maximum Gasteiger partial charge on any atom is 0.0981 e. The van der Waals surface area contributed by atoms with Crippen LogP contribution in [-0.2, 0) is 6.42 Å². The molecule has 2 nitrogen and oxygen atoms in total. The maximum atomic E-state index is 5.00. The van der Waals surface area contributed by atoms with Gasteiger partial charge in [-0.1, -0.05) is 13.0 Å². The first kappa shape index (κ1) is 8.05. The van der Waals surface area contributed by atoms with Gasteiger partial charge in [0.05, 0.1) is 12.5 Å². The van der Waals surface area contributed by atoms with Gasteiger partial charge in [-0.15, -0.1) is 0 Å². The van der Waals surface area contributed by atoms with Gasteiger partial charge in [0.2, 0.25) is 0 Å². The lowest BCUT2D eigenvalue weighted by atomic mass is 10.1. The molecule has 66 valence electrons. The Morgan fingerprint density at radius 1 is 1.23 bits per heavy atom. The lowest BCUT2D eigenvalue weighted by molar-refractivity contribution is 0.568. The minimum absolute atomic E-state index is 0.978. The summed E-state index contributed by atoms with van der Waals surface area (Å²) >= 11 is 0. The summed E-state index contributed by atoms with van der Waals surface area (Å²) in [6.07, 6.45) is 6.25. The Labute approximate surface area is 77.2 Å². The van der Waals surface area contributed by atoms with E-state index in [-0.39, 0.29) is 0 Å². The number of aromatic nitrogens is 1. The van der Waals surface area contributed by atoms with Crippen LogP contribution in [0.2, 0.25) is 0 Å². The Bertz CT molecular complexity index is 361. The predicted octanol–water partition coefficient (Wildman–Crippen LogP) is 2.90. The molecule has 0 aliphatic carbocycles. The van der Waals surface area contributed by atoms with Crippen molar-refractivity contribution in [2.45, 2.75) is 13.3 Å². The lowest BCUT2D eigenvalue weighted by Crippen LogP contribution is -1.85. The maximum absolute atomic E-state index is 5.00. The van der Waals surface area contributed by atoms with Crippen molar-refractivity contribution in [3.63, 3.8) is 0 Å². The molecule has 0 aliphatic heterocycles. The third kappa shape index (κ3) is 1.61. The largest absolute Gasteiger partial charge is 0.472 e. The normalized spacial score (nSPS) is 10.2. The summed E-state index contributed by atoms with van der Waals surface area (Å²) in [6.45, 7) is 2.10. The van der Waals surface area contributed by atoms with E-state index in [2.05, 4.69) is 18.0 Å². The second-order valence-corrected chi connectivity index (χ2v) is 2.90. The van der Waals surface area contributed by atoms with Crippen LogP contribution < -0.4 is 0 Å². The number of nitrogens with zero attached hydrogens (tertiary/aromatic N) is 1. The van der Waals surface area contributed by atoms with E-state index >= 15 is 0 Å². The fraction of sp³-hybridized carbons (Fsp3) is 0.182. The summed E-state index contributed by atoms with van der Waals surface area (Å²) < 4.78 is 5.00. The van der Waals surface area contributed by atoms with Gasteiger partial charge < -0.3 is 4.42 Å². The van der Waals surface area contributed by atoms with E-state index in [1.54, 1.807) is 12.5 Å². The Morgan fingerprint density at radius 2 is 2.15 bits per heavy atom. The van der Waals surface area contributed by atoms with Gasteiger partial charge in [-0.2, -0.15) is 0 Å². The van der Waals surface area contributed by atoms with Crippen molar-refractivity contribution in [3.8, 4) is 11.1 Å². The van der Waals surface area contributed by atoms with Gasteiger partial charge in [0.25, 0.3) is 0 Å². The highest BCUT2D eigenvalue weighted by atomic mass is 16.3. The summed E-state index contributed by atoms with van der Waals surface area (Å²) in [5.74, 6) is 0. The van der Waals surface area contributed by atoms with Gasteiger partial charge in [0.1, 0.15) is 0 Å². The summed E-state index contributed by atoms with van der Waals surface area (Å²) in [7, 11) is 0. The van der Waals surface area contributed by atoms with E-state index in [0.29, 0.717) is 0 Å². The Morgan fingerprint density at radius 3 is 2.69 bits per heavy atom. The molecule has 0 amide bonds. The van der Waals surface area contributed by atoms with Crippen LogP contribution >= 0.6 is 0 Å². The zero-order chi connectivity index (χ0) is 9.10. The molecule has 0 saturated carbocycles. The smallest absolute Gasteiger partial charge is 0.0981 e. The minimum Gasteiger partial charge on any atom is -0.472 e. The zero-order valence-corrected chi connectivity index (χ0v) is 7.53. The van der Waals surface area contributed by atoms with Crippen LogP contribution in [0, 0.1) is 0 Å². The number of rotatable bonds is 2. The molecule has 0 spiro atoms. The van der Waals surface area contributed by atoms with Crippen molar-refractivity contribution in [2.24, 2.45) is 0 Å². The molecular formula is C11H11NO. The van der Waals surface area contributed by atoms with Crippen LogP contribution in [0.25, 0.3) is 11.1 Å². The number of hydrogen-bond donors (Lipinski definition) is 0. The van der Waals surface area contributed by atoms with Crippen LogP contribution in [0.4, 0.5) is 0 Å². The quantitative estimate of drug-likeness (QED) is 0.697. The highest BCUT2D eigenvalue weighted by Crippen LogP contribution is 2.18. The van der Waals surface area contributed by atoms with Crippen LogP contribution in [0.3, 0.4) is 0 Å². The van der Waals surface area contributed by atoms with E-state index in [9.17, 15) is 0 Å². The molecule has 2 aromatic rings. The predicted molar refractivity (Wildman–Crippen MR) is 51.3 cm³/mol. The Balaban J connectivity index is 2.33. The first-order valence-corrected chi connectivity index (χ1v) is 4.37. The van der Waals surface area contributed by atoms with Crippen molar-refractivity contribution in [3.05, 3.63) is 42.6 Å². The highest BCUT2D eigenvalue weighted by Gasteiger charge is 1.98. The van der Waals surface area contributed by atoms with Crippen LogP contribution in [0.5, 0.6) is 0 Å². The molecule has 0 saturated heterocycles. The van der Waals surface area contributed by atoms with Crippen molar-refractivity contribution in [2.75, 3.05) is 0 Å². The third-order valence-corrected chi connectivity index (χ3v) is 2.04. The first-order chi connectivity index (χ1) is 6.40. The van der Waals surface area contributed by atoms with Gasteiger partial charge >= 0.3 is 0 Å². The molecule has 2 heteroatoms. The standard InChI is InChI=1S/C11H11NO/c1-2-11-4-3-9(7-12-11)10-5-6-13-8-10/h3-8H,2H2,1H3. The van der Waals surface area contributed by atoms with Gasteiger partial charge in [-0.05, 0) is 18.6 Å². The summed E-state index contributed by atoms with van der Waals surface area (Å²) in [4.78, 5) is 4.31. The molecule has 0 aromatic carbocycles. The SMILES string of the molecule is CCc1ccc(-c2ccoc2)cn1. The van der Waals surface area contributed by atoms with Crippen LogP contribution in [0.1, 0.15) is 12.6 Å². The Hall–Kier alpha value is -1.57. The minimum atomic E-state index is 0.978. The van der Waals surface area contributed by atoms with E-state index < -0.39 is 0 Å². The fourth-order valence-electron chi connectivity index (χ4n) is 1.23. The molecular weight excluding hydrogens is 162 g/mol. The number of pyridine rings is 1.